The average Bonchev–Trinajstić information content (AvgIpc) is 3.34. The molecule has 2 aromatic heterocycles. The number of halogens is 1. The number of nitrogens with zero attached hydrogens (tertiary/aromatic N) is 4. The van der Waals surface area contributed by atoms with Crippen LogP contribution in [-0.4, -0.2) is 83.6 Å². The summed E-state index contributed by atoms with van der Waals surface area (Å²) < 4.78 is 28.1. The topological polar surface area (TPSA) is 141 Å². The first-order chi connectivity index (χ1) is 19.5. The molecule has 0 spiro atoms. The molecule has 41 heavy (non-hydrogen) atoms. The number of amides is 2. The third-order valence-corrected chi connectivity index (χ3v) is 9.00. The summed E-state index contributed by atoms with van der Waals surface area (Å²) in [6, 6.07) is 14.4. The highest BCUT2D eigenvalue weighted by Gasteiger charge is 2.36. The van der Waals surface area contributed by atoms with Gasteiger partial charge in [-0.15, -0.1) is 0 Å². The summed E-state index contributed by atoms with van der Waals surface area (Å²) >= 11 is 6.02. The van der Waals surface area contributed by atoms with Crippen molar-refractivity contribution in [1.82, 2.24) is 19.6 Å². The Labute approximate surface area is 241 Å². The second-order valence-corrected chi connectivity index (χ2v) is 12.4. The average molecular weight is 598 g/mol. The summed E-state index contributed by atoms with van der Waals surface area (Å²) in [6.07, 6.45) is 1.54. The van der Waals surface area contributed by atoms with Gasteiger partial charge in [0.05, 0.1) is 16.3 Å². The minimum absolute atomic E-state index is 0.0874. The Morgan fingerprint density at radius 1 is 1.07 bits per heavy atom. The molecule has 2 N–H and O–H groups in total. The van der Waals surface area contributed by atoms with Gasteiger partial charge in [-0.3, -0.25) is 18.8 Å². The number of rotatable bonds is 8. The second-order valence-electron chi connectivity index (χ2n) is 9.88. The lowest BCUT2D eigenvalue weighted by Gasteiger charge is -2.41. The van der Waals surface area contributed by atoms with Gasteiger partial charge in [-0.05, 0) is 54.1 Å². The zero-order valence-corrected chi connectivity index (χ0v) is 23.7. The molecule has 1 atom stereocenters. The van der Waals surface area contributed by atoms with E-state index in [1.165, 1.54) is 11.0 Å². The van der Waals surface area contributed by atoms with Gasteiger partial charge >= 0.3 is 5.97 Å². The largest absolute Gasteiger partial charge is 0.480 e. The molecule has 2 aromatic carbocycles. The highest BCUT2D eigenvalue weighted by atomic mass is 35.5. The molecule has 0 radical (unpaired) electrons. The van der Waals surface area contributed by atoms with Crippen molar-refractivity contribution in [1.29, 1.82) is 0 Å². The Balaban J connectivity index is 1.34. The van der Waals surface area contributed by atoms with Crippen molar-refractivity contribution in [3.8, 4) is 0 Å². The lowest BCUT2D eigenvalue weighted by atomic mass is 10.1. The molecular weight excluding hydrogens is 570 g/mol. The zero-order valence-electron chi connectivity index (χ0n) is 22.2. The molecule has 214 valence electrons. The number of aliphatic carboxylic acids is 1. The number of aromatic nitrogens is 2. The summed E-state index contributed by atoms with van der Waals surface area (Å²) in [4.78, 5) is 45.4. The molecule has 2 amide bonds. The predicted octanol–water partition coefficient (Wildman–Crippen LogP) is 2.53. The van der Waals surface area contributed by atoms with E-state index in [-0.39, 0.29) is 24.4 Å². The first kappa shape index (κ1) is 28.4. The van der Waals surface area contributed by atoms with E-state index in [0.717, 1.165) is 22.5 Å². The van der Waals surface area contributed by atoms with E-state index in [1.54, 1.807) is 30.3 Å². The van der Waals surface area contributed by atoms with E-state index in [4.69, 9.17) is 16.7 Å². The van der Waals surface area contributed by atoms with Crippen molar-refractivity contribution in [3.05, 3.63) is 71.5 Å². The fourth-order valence-electron chi connectivity index (χ4n) is 5.04. The minimum atomic E-state index is -3.81. The maximum Gasteiger partial charge on any atom is 0.322 e. The summed E-state index contributed by atoms with van der Waals surface area (Å²) in [5, 5.41) is 13.5. The molecule has 5 rings (SSSR count). The van der Waals surface area contributed by atoms with Crippen molar-refractivity contribution in [3.63, 3.8) is 0 Å². The van der Waals surface area contributed by atoms with E-state index in [0.29, 0.717) is 17.0 Å². The summed E-state index contributed by atoms with van der Waals surface area (Å²) in [6.45, 7) is 1.88. The van der Waals surface area contributed by atoms with Crippen LogP contribution >= 0.6 is 11.6 Å². The van der Waals surface area contributed by atoms with Crippen molar-refractivity contribution in [2.24, 2.45) is 0 Å². The number of hydrogen-bond acceptors (Lipinski definition) is 7. The number of pyridine rings is 1. The van der Waals surface area contributed by atoms with Gasteiger partial charge in [0.15, 0.2) is 9.84 Å². The highest BCUT2D eigenvalue weighted by Crippen LogP contribution is 2.25. The van der Waals surface area contributed by atoms with Gasteiger partial charge in [0, 0.05) is 37.3 Å². The fraction of sp³-hybridized carbons (Fsp3) is 0.286. The maximum absolute atomic E-state index is 13.4. The van der Waals surface area contributed by atoms with Crippen LogP contribution in [0.4, 0.5) is 5.82 Å². The monoisotopic (exact) mass is 597 g/mol. The molecule has 1 aliphatic rings. The molecule has 0 saturated carbocycles. The Morgan fingerprint density at radius 3 is 2.61 bits per heavy atom. The first-order valence-corrected chi connectivity index (χ1v) is 15.0. The molecule has 0 aliphatic carbocycles. The summed E-state index contributed by atoms with van der Waals surface area (Å²) in [5.41, 5.74) is 1.55. The number of fused-ring (bicyclic) bond motifs is 2. The van der Waals surface area contributed by atoms with Crippen LogP contribution < -0.4 is 10.2 Å². The van der Waals surface area contributed by atoms with Crippen LogP contribution in [0.2, 0.25) is 5.02 Å². The van der Waals surface area contributed by atoms with Gasteiger partial charge < -0.3 is 20.2 Å². The number of carbonyl (C=O) groups is 3. The number of nitrogens with one attached hydrogen (secondary N) is 1. The minimum Gasteiger partial charge on any atom is -0.480 e. The Hall–Kier alpha value is -4.16. The van der Waals surface area contributed by atoms with Gasteiger partial charge in [0.1, 0.15) is 24.1 Å². The third kappa shape index (κ3) is 6.13. The molecular formula is C28H28ClN5O6S. The predicted molar refractivity (Wildman–Crippen MR) is 154 cm³/mol. The Morgan fingerprint density at radius 2 is 1.83 bits per heavy atom. The van der Waals surface area contributed by atoms with E-state index in [9.17, 15) is 22.8 Å². The third-order valence-electron chi connectivity index (χ3n) is 7.05. The second kappa shape index (κ2) is 11.4. The molecule has 13 heteroatoms. The van der Waals surface area contributed by atoms with E-state index >= 15 is 0 Å². The van der Waals surface area contributed by atoms with Crippen LogP contribution in [-0.2, 0) is 24.2 Å². The number of piperazine rings is 1. The molecule has 11 nitrogen and oxygen atoms in total. The molecule has 3 heterocycles. The van der Waals surface area contributed by atoms with E-state index < -0.39 is 46.0 Å². The number of carboxylic acid groups (broad SMARTS) is 1. The zero-order chi connectivity index (χ0) is 29.3. The smallest absolute Gasteiger partial charge is 0.322 e. The van der Waals surface area contributed by atoms with Crippen LogP contribution in [0.25, 0.3) is 16.4 Å². The van der Waals surface area contributed by atoms with Gasteiger partial charge in [-0.25, -0.2) is 13.4 Å². The number of sulfone groups is 1. The van der Waals surface area contributed by atoms with Crippen LogP contribution in [0.5, 0.6) is 0 Å². The molecule has 0 bridgehead atoms. The van der Waals surface area contributed by atoms with Crippen molar-refractivity contribution in [2.45, 2.75) is 24.3 Å². The van der Waals surface area contributed by atoms with Crippen molar-refractivity contribution >= 4 is 61.5 Å². The van der Waals surface area contributed by atoms with Crippen LogP contribution in [0.1, 0.15) is 12.1 Å². The van der Waals surface area contributed by atoms with Gasteiger partial charge in [0.25, 0.3) is 0 Å². The van der Waals surface area contributed by atoms with Crippen LogP contribution in [0.3, 0.4) is 0 Å². The highest BCUT2D eigenvalue weighted by molar-refractivity contribution is 7.91. The van der Waals surface area contributed by atoms with Crippen LogP contribution in [0, 0.1) is 6.92 Å². The van der Waals surface area contributed by atoms with E-state index in [1.807, 2.05) is 40.6 Å². The van der Waals surface area contributed by atoms with Crippen LogP contribution in [0.15, 0.2) is 65.7 Å². The maximum atomic E-state index is 13.4. The van der Waals surface area contributed by atoms with Crippen molar-refractivity contribution in [2.75, 3.05) is 36.8 Å². The van der Waals surface area contributed by atoms with E-state index in [2.05, 4.69) is 10.3 Å². The number of imidazole rings is 1. The normalized spacial score (nSPS) is 15.8. The lowest BCUT2D eigenvalue weighted by molar-refractivity contribution is -0.142. The number of anilines is 1. The SMILES string of the molecule is Cc1cn2c(N3CCN(C(=O)CCS(=O)(=O)c4ccc5cc(Cl)ccc5c4)C(C(=O)NCC(=O)O)C3)cccc2n1. The number of carboxylic acids is 1. The Bertz CT molecular complexity index is 1770. The molecule has 1 fully saturated rings. The summed E-state index contributed by atoms with van der Waals surface area (Å²) in [7, 11) is -3.81. The molecule has 4 aromatic rings. The Kier molecular flexibility index (Phi) is 7.87. The standard InChI is InChI=1S/C28H28ClN5O6S/c1-18-16-34-24(31-18)3-2-4-25(34)32-10-11-33(23(17-32)28(38)30-15-27(36)37)26(35)9-12-41(39,40)22-8-6-19-13-21(29)7-5-20(19)14-22/h2-8,13-14,16,23H,9-12,15,17H2,1H3,(H,30,38)(H,36,37). The lowest BCUT2D eigenvalue weighted by Crippen LogP contribution is -2.61. The first-order valence-electron chi connectivity index (χ1n) is 12.9. The number of hydrogen-bond donors (Lipinski definition) is 2. The van der Waals surface area contributed by atoms with Gasteiger partial charge in [0.2, 0.25) is 11.8 Å². The molecule has 1 saturated heterocycles. The molecule has 1 unspecified atom stereocenters. The number of carbonyl (C=O) groups excluding carboxylic acids is 2. The quantitative estimate of drug-likeness (QED) is 0.316. The van der Waals surface area contributed by atoms with Gasteiger partial charge in [-0.2, -0.15) is 0 Å². The summed E-state index contributed by atoms with van der Waals surface area (Å²) in [5.74, 6) is -2.02. The van der Waals surface area contributed by atoms with Crippen molar-refractivity contribution < 1.29 is 27.9 Å². The molecule has 1 aliphatic heterocycles. The fourth-order valence-corrected chi connectivity index (χ4v) is 6.48. The van der Waals surface area contributed by atoms with Gasteiger partial charge in [-0.1, -0.05) is 29.8 Å². The number of aryl methyl sites for hydroxylation is 1. The number of benzene rings is 2.